The van der Waals surface area contributed by atoms with Crippen molar-refractivity contribution in [3.63, 3.8) is 0 Å². The molecule has 0 saturated heterocycles. The molecule has 3 rings (SSSR count). The van der Waals surface area contributed by atoms with Crippen molar-refractivity contribution in [1.29, 1.82) is 0 Å². The number of halogens is 3. The first-order chi connectivity index (χ1) is 19.1. The molecule has 0 aliphatic rings. The van der Waals surface area contributed by atoms with Crippen LogP contribution in [0.4, 0.5) is 10.1 Å². The second-order valence-electron chi connectivity index (χ2n) is 9.13. The lowest BCUT2D eigenvalue weighted by molar-refractivity contribution is -0.140. The smallest absolute Gasteiger partial charge is 0.264 e. The Morgan fingerprint density at radius 1 is 0.975 bits per heavy atom. The van der Waals surface area contributed by atoms with Crippen LogP contribution in [0.2, 0.25) is 10.0 Å². The Kier molecular flexibility index (Phi) is 11.4. The van der Waals surface area contributed by atoms with Crippen LogP contribution < -0.4 is 9.62 Å². The Balaban J connectivity index is 2.03. The van der Waals surface area contributed by atoms with Gasteiger partial charge in [0.05, 0.1) is 10.6 Å². The molecule has 214 valence electrons. The van der Waals surface area contributed by atoms with E-state index in [1.165, 1.54) is 4.90 Å². The van der Waals surface area contributed by atoms with E-state index in [1.54, 1.807) is 55.5 Å². The minimum absolute atomic E-state index is 0.0479. The zero-order valence-electron chi connectivity index (χ0n) is 22.3. The lowest BCUT2D eigenvalue weighted by atomic mass is 10.1. The summed E-state index contributed by atoms with van der Waals surface area (Å²) >= 11 is 12.5. The fourth-order valence-electron chi connectivity index (χ4n) is 4.12. The summed E-state index contributed by atoms with van der Waals surface area (Å²) < 4.78 is 42.0. The van der Waals surface area contributed by atoms with Gasteiger partial charge in [0.1, 0.15) is 18.4 Å². The molecule has 2 amide bonds. The first-order valence-electron chi connectivity index (χ1n) is 12.9. The fourth-order valence-corrected chi connectivity index (χ4v) is 6.00. The number of hydrogen-bond acceptors (Lipinski definition) is 4. The maximum atomic E-state index is 14.0. The van der Waals surface area contributed by atoms with Crippen molar-refractivity contribution in [3.8, 4) is 0 Å². The number of para-hydroxylation sites is 1. The molecule has 1 atom stereocenters. The van der Waals surface area contributed by atoms with Crippen LogP contribution >= 0.6 is 23.2 Å². The van der Waals surface area contributed by atoms with Crippen molar-refractivity contribution >= 4 is 50.7 Å². The highest BCUT2D eigenvalue weighted by Crippen LogP contribution is 2.27. The van der Waals surface area contributed by atoms with Gasteiger partial charge >= 0.3 is 0 Å². The van der Waals surface area contributed by atoms with Crippen LogP contribution in [-0.4, -0.2) is 44.3 Å². The Bertz CT molecular complexity index is 1410. The largest absolute Gasteiger partial charge is 0.354 e. The summed E-state index contributed by atoms with van der Waals surface area (Å²) in [6.45, 7) is 3.58. The van der Waals surface area contributed by atoms with Gasteiger partial charge in [-0.25, -0.2) is 12.8 Å². The number of anilines is 1. The van der Waals surface area contributed by atoms with Crippen LogP contribution in [-0.2, 0) is 26.2 Å². The summed E-state index contributed by atoms with van der Waals surface area (Å²) in [5, 5.41) is 3.60. The summed E-state index contributed by atoms with van der Waals surface area (Å²) in [5.41, 5.74) is 0.789. The van der Waals surface area contributed by atoms with Gasteiger partial charge in [-0.3, -0.25) is 13.9 Å². The summed E-state index contributed by atoms with van der Waals surface area (Å²) in [6.07, 6.45) is 1.94. The molecule has 0 bridgehead atoms. The topological polar surface area (TPSA) is 86.8 Å². The van der Waals surface area contributed by atoms with E-state index in [-0.39, 0.29) is 29.5 Å². The minimum Gasteiger partial charge on any atom is -0.354 e. The lowest BCUT2D eigenvalue weighted by Gasteiger charge is -2.33. The lowest BCUT2D eigenvalue weighted by Crippen LogP contribution is -2.52. The minimum atomic E-state index is -4.28. The highest BCUT2D eigenvalue weighted by atomic mass is 35.5. The van der Waals surface area contributed by atoms with Gasteiger partial charge in [-0.05, 0) is 66.9 Å². The summed E-state index contributed by atoms with van der Waals surface area (Å²) in [4.78, 5) is 28.4. The number of nitrogens with one attached hydrogen (secondary N) is 1. The zero-order chi connectivity index (χ0) is 29.3. The SMILES string of the molecule is CCCCNC(=O)C(CC)N(Cc1ccc(Cl)cc1Cl)C(=O)CN(c1ccccc1)S(=O)(=O)c1ccc(F)cc1. The Hall–Kier alpha value is -3.14. The average molecular weight is 609 g/mol. The van der Waals surface area contributed by atoms with E-state index in [2.05, 4.69) is 5.32 Å². The second kappa shape index (κ2) is 14.5. The second-order valence-corrected chi connectivity index (χ2v) is 11.8. The van der Waals surface area contributed by atoms with Gasteiger partial charge in [0.15, 0.2) is 0 Å². The molecular weight excluding hydrogens is 576 g/mol. The van der Waals surface area contributed by atoms with Crippen LogP contribution in [0.3, 0.4) is 0 Å². The molecule has 0 heterocycles. The quantitative estimate of drug-likeness (QED) is 0.240. The number of carbonyl (C=O) groups excluding carboxylic acids is 2. The van der Waals surface area contributed by atoms with E-state index in [0.717, 1.165) is 41.4 Å². The van der Waals surface area contributed by atoms with Gasteiger partial charge < -0.3 is 10.2 Å². The predicted octanol–water partition coefficient (Wildman–Crippen LogP) is 6.05. The monoisotopic (exact) mass is 607 g/mol. The molecule has 3 aromatic carbocycles. The van der Waals surface area contributed by atoms with Gasteiger partial charge in [0, 0.05) is 23.1 Å². The fraction of sp³-hybridized carbons (Fsp3) is 0.310. The standard InChI is InChI=1S/C29H32Cl2FN3O4S/c1-3-5-17-33-29(37)27(4-2)34(19-21-11-12-22(30)18-26(21)31)28(36)20-35(24-9-7-6-8-10-24)40(38,39)25-15-13-23(32)14-16-25/h6-16,18,27H,3-5,17,19-20H2,1-2H3,(H,33,37). The van der Waals surface area contributed by atoms with E-state index in [0.29, 0.717) is 22.2 Å². The van der Waals surface area contributed by atoms with Gasteiger partial charge in [0.2, 0.25) is 11.8 Å². The number of unbranched alkanes of at least 4 members (excludes halogenated alkanes) is 1. The molecule has 0 aliphatic carbocycles. The third kappa shape index (κ3) is 7.96. The van der Waals surface area contributed by atoms with Gasteiger partial charge in [-0.15, -0.1) is 0 Å². The van der Waals surface area contributed by atoms with E-state index < -0.39 is 34.3 Å². The summed E-state index contributed by atoms with van der Waals surface area (Å²) in [7, 11) is -4.28. The average Bonchev–Trinajstić information content (AvgIpc) is 2.93. The van der Waals surface area contributed by atoms with Crippen molar-refractivity contribution in [2.24, 2.45) is 0 Å². The molecular formula is C29H32Cl2FN3O4S. The zero-order valence-corrected chi connectivity index (χ0v) is 24.6. The molecule has 0 radical (unpaired) electrons. The number of sulfonamides is 1. The predicted molar refractivity (Wildman–Crippen MR) is 156 cm³/mol. The van der Waals surface area contributed by atoms with Crippen LogP contribution in [0.25, 0.3) is 0 Å². The molecule has 11 heteroatoms. The molecule has 0 aliphatic heterocycles. The third-order valence-corrected chi connectivity index (χ3v) is 8.67. The first-order valence-corrected chi connectivity index (χ1v) is 15.1. The van der Waals surface area contributed by atoms with Gasteiger partial charge in [-0.1, -0.05) is 67.7 Å². The highest BCUT2D eigenvalue weighted by Gasteiger charge is 2.33. The van der Waals surface area contributed by atoms with E-state index in [9.17, 15) is 22.4 Å². The summed E-state index contributed by atoms with van der Waals surface area (Å²) in [6, 6.07) is 16.5. The van der Waals surface area contributed by atoms with Crippen LogP contribution in [0, 0.1) is 5.82 Å². The molecule has 1 unspecified atom stereocenters. The third-order valence-electron chi connectivity index (χ3n) is 6.30. The number of amides is 2. The first kappa shape index (κ1) is 31.4. The molecule has 0 fully saturated rings. The van der Waals surface area contributed by atoms with E-state index >= 15 is 0 Å². The Morgan fingerprint density at radius 3 is 2.25 bits per heavy atom. The van der Waals surface area contributed by atoms with Crippen LogP contribution in [0.1, 0.15) is 38.7 Å². The number of hydrogen-bond donors (Lipinski definition) is 1. The van der Waals surface area contributed by atoms with Crippen molar-refractivity contribution in [1.82, 2.24) is 10.2 Å². The van der Waals surface area contributed by atoms with Crippen molar-refractivity contribution in [3.05, 3.63) is 94.2 Å². The molecule has 1 N–H and O–H groups in total. The molecule has 0 saturated carbocycles. The number of benzene rings is 3. The summed E-state index contributed by atoms with van der Waals surface area (Å²) in [5.74, 6) is -1.55. The molecule has 3 aromatic rings. The van der Waals surface area contributed by atoms with Crippen LogP contribution in [0.15, 0.2) is 77.7 Å². The van der Waals surface area contributed by atoms with Crippen molar-refractivity contribution in [2.75, 3.05) is 17.4 Å². The maximum absolute atomic E-state index is 14.0. The Labute approximate surface area is 244 Å². The molecule has 0 aromatic heterocycles. The normalized spacial score (nSPS) is 12.0. The molecule has 0 spiro atoms. The molecule has 40 heavy (non-hydrogen) atoms. The van der Waals surface area contributed by atoms with Crippen molar-refractivity contribution < 1.29 is 22.4 Å². The number of nitrogens with zero attached hydrogens (tertiary/aromatic N) is 2. The van der Waals surface area contributed by atoms with E-state index in [1.807, 2.05) is 6.92 Å². The number of rotatable bonds is 13. The Morgan fingerprint density at radius 2 is 1.65 bits per heavy atom. The highest BCUT2D eigenvalue weighted by molar-refractivity contribution is 7.92. The van der Waals surface area contributed by atoms with Crippen LogP contribution in [0.5, 0.6) is 0 Å². The van der Waals surface area contributed by atoms with Gasteiger partial charge in [-0.2, -0.15) is 0 Å². The van der Waals surface area contributed by atoms with E-state index in [4.69, 9.17) is 23.2 Å². The van der Waals surface area contributed by atoms with Gasteiger partial charge in [0.25, 0.3) is 10.0 Å². The molecule has 7 nitrogen and oxygen atoms in total. The number of carbonyl (C=O) groups is 2. The maximum Gasteiger partial charge on any atom is 0.264 e. The van der Waals surface area contributed by atoms with Crippen molar-refractivity contribution in [2.45, 2.75) is 50.6 Å².